The number of hydrogen-bond acceptors (Lipinski definition) is 3. The summed E-state index contributed by atoms with van der Waals surface area (Å²) >= 11 is 0. The zero-order valence-electron chi connectivity index (χ0n) is 8.79. The van der Waals surface area contributed by atoms with Crippen LogP contribution in [0.3, 0.4) is 0 Å². The van der Waals surface area contributed by atoms with Crippen molar-refractivity contribution in [2.45, 2.75) is 25.9 Å². The molecule has 0 radical (unpaired) electrons. The summed E-state index contributed by atoms with van der Waals surface area (Å²) in [6, 6.07) is 0. The first-order valence-electron chi connectivity index (χ1n) is 5.26. The quantitative estimate of drug-likeness (QED) is 0.663. The Hall–Kier alpha value is -0.120. The predicted octanol–water partition coefficient (Wildman–Crippen LogP) is 0.299. The van der Waals surface area contributed by atoms with Gasteiger partial charge < -0.3 is 15.3 Å². The van der Waals surface area contributed by atoms with Crippen molar-refractivity contribution in [2.75, 3.05) is 33.2 Å². The first-order chi connectivity index (χ1) is 6.18. The average Bonchev–Trinajstić information content (AvgIpc) is 2.08. The van der Waals surface area contributed by atoms with E-state index in [1.54, 1.807) is 0 Å². The molecule has 13 heavy (non-hydrogen) atoms. The standard InChI is InChI=1S/C10H22N2O/c1-9(13)7-11-8-10-3-5-12(2)6-4-10/h9-11,13H,3-8H2,1-2H3/t9-/m0/s1. The van der Waals surface area contributed by atoms with Gasteiger partial charge in [-0.25, -0.2) is 0 Å². The molecule has 0 unspecified atom stereocenters. The van der Waals surface area contributed by atoms with Crippen molar-refractivity contribution in [3.8, 4) is 0 Å². The lowest BCUT2D eigenvalue weighted by Gasteiger charge is -2.29. The maximum Gasteiger partial charge on any atom is 0.0636 e. The van der Waals surface area contributed by atoms with Gasteiger partial charge in [-0.05, 0) is 52.4 Å². The molecule has 0 aliphatic carbocycles. The first kappa shape index (κ1) is 11.0. The van der Waals surface area contributed by atoms with Gasteiger partial charge >= 0.3 is 0 Å². The Labute approximate surface area is 81.1 Å². The molecular weight excluding hydrogens is 164 g/mol. The molecule has 1 fully saturated rings. The highest BCUT2D eigenvalue weighted by atomic mass is 16.3. The molecule has 0 spiro atoms. The smallest absolute Gasteiger partial charge is 0.0636 e. The average molecular weight is 186 g/mol. The molecule has 1 saturated heterocycles. The fourth-order valence-corrected chi connectivity index (χ4v) is 1.76. The van der Waals surface area contributed by atoms with Gasteiger partial charge in [-0.3, -0.25) is 0 Å². The number of rotatable bonds is 4. The van der Waals surface area contributed by atoms with Crippen molar-refractivity contribution >= 4 is 0 Å². The maximum atomic E-state index is 9.05. The van der Waals surface area contributed by atoms with Gasteiger partial charge in [0.05, 0.1) is 6.10 Å². The molecule has 1 rings (SSSR count). The van der Waals surface area contributed by atoms with Gasteiger partial charge in [0.15, 0.2) is 0 Å². The third-order valence-corrected chi connectivity index (χ3v) is 2.71. The van der Waals surface area contributed by atoms with Gasteiger partial charge in [-0.1, -0.05) is 0 Å². The van der Waals surface area contributed by atoms with Gasteiger partial charge in [0.25, 0.3) is 0 Å². The summed E-state index contributed by atoms with van der Waals surface area (Å²) in [5.74, 6) is 0.815. The molecule has 0 aromatic heterocycles. The van der Waals surface area contributed by atoms with E-state index in [0.717, 1.165) is 19.0 Å². The summed E-state index contributed by atoms with van der Waals surface area (Å²) in [7, 11) is 2.18. The minimum Gasteiger partial charge on any atom is -0.392 e. The molecule has 1 atom stereocenters. The summed E-state index contributed by atoms with van der Waals surface area (Å²) in [5.41, 5.74) is 0. The molecule has 0 aromatic carbocycles. The van der Waals surface area contributed by atoms with Crippen LogP contribution in [-0.2, 0) is 0 Å². The van der Waals surface area contributed by atoms with Gasteiger partial charge in [0.2, 0.25) is 0 Å². The van der Waals surface area contributed by atoms with Crippen LogP contribution in [0.15, 0.2) is 0 Å². The van der Waals surface area contributed by atoms with Crippen LogP contribution < -0.4 is 5.32 Å². The molecule has 0 amide bonds. The van der Waals surface area contributed by atoms with Crippen molar-refractivity contribution < 1.29 is 5.11 Å². The highest BCUT2D eigenvalue weighted by Gasteiger charge is 2.15. The summed E-state index contributed by atoms with van der Waals surface area (Å²) < 4.78 is 0. The van der Waals surface area contributed by atoms with Gasteiger partial charge in [-0.2, -0.15) is 0 Å². The van der Waals surface area contributed by atoms with Crippen molar-refractivity contribution in [1.82, 2.24) is 10.2 Å². The molecule has 2 N–H and O–H groups in total. The molecule has 1 aliphatic heterocycles. The van der Waals surface area contributed by atoms with Gasteiger partial charge in [0.1, 0.15) is 0 Å². The number of aliphatic hydroxyl groups excluding tert-OH is 1. The van der Waals surface area contributed by atoms with Crippen molar-refractivity contribution in [3.05, 3.63) is 0 Å². The summed E-state index contributed by atoms with van der Waals surface area (Å²) in [4.78, 5) is 2.38. The van der Waals surface area contributed by atoms with Crippen LogP contribution in [0.1, 0.15) is 19.8 Å². The summed E-state index contributed by atoms with van der Waals surface area (Å²) in [6.07, 6.45) is 2.37. The highest BCUT2D eigenvalue weighted by Crippen LogP contribution is 2.14. The lowest BCUT2D eigenvalue weighted by atomic mass is 9.97. The fourth-order valence-electron chi connectivity index (χ4n) is 1.76. The number of likely N-dealkylation sites (tertiary alicyclic amines) is 1. The molecule has 0 aromatic rings. The zero-order chi connectivity index (χ0) is 9.68. The molecule has 1 aliphatic rings. The van der Waals surface area contributed by atoms with E-state index in [1.807, 2.05) is 6.92 Å². The van der Waals surface area contributed by atoms with E-state index in [-0.39, 0.29) is 6.10 Å². The normalized spacial score (nSPS) is 23.3. The zero-order valence-corrected chi connectivity index (χ0v) is 8.79. The number of nitrogens with one attached hydrogen (secondary N) is 1. The SMILES string of the molecule is C[C@H](O)CNCC1CCN(C)CC1. The van der Waals surface area contributed by atoms with Crippen LogP contribution in [0, 0.1) is 5.92 Å². The molecule has 1 heterocycles. The Morgan fingerprint density at radius 1 is 1.46 bits per heavy atom. The Morgan fingerprint density at radius 2 is 2.08 bits per heavy atom. The van der Waals surface area contributed by atoms with E-state index in [0.29, 0.717) is 0 Å². The van der Waals surface area contributed by atoms with Gasteiger partial charge in [-0.15, -0.1) is 0 Å². The predicted molar refractivity (Wildman–Crippen MR) is 54.8 cm³/mol. The second-order valence-corrected chi connectivity index (χ2v) is 4.25. The van der Waals surface area contributed by atoms with Crippen molar-refractivity contribution in [2.24, 2.45) is 5.92 Å². The Kier molecular flexibility index (Phi) is 4.70. The monoisotopic (exact) mass is 186 g/mol. The first-order valence-corrected chi connectivity index (χ1v) is 5.26. The van der Waals surface area contributed by atoms with E-state index < -0.39 is 0 Å². The highest BCUT2D eigenvalue weighted by molar-refractivity contribution is 4.71. The van der Waals surface area contributed by atoms with E-state index in [1.165, 1.54) is 25.9 Å². The largest absolute Gasteiger partial charge is 0.392 e. The third kappa shape index (κ3) is 4.60. The number of nitrogens with zero attached hydrogens (tertiary/aromatic N) is 1. The van der Waals surface area contributed by atoms with Crippen molar-refractivity contribution in [3.63, 3.8) is 0 Å². The lowest BCUT2D eigenvalue weighted by molar-refractivity contribution is 0.179. The van der Waals surface area contributed by atoms with Crippen LogP contribution >= 0.6 is 0 Å². The Balaban J connectivity index is 2.02. The third-order valence-electron chi connectivity index (χ3n) is 2.71. The minimum absolute atomic E-state index is 0.216. The van der Waals surface area contributed by atoms with E-state index in [9.17, 15) is 0 Å². The topological polar surface area (TPSA) is 35.5 Å². The second kappa shape index (κ2) is 5.58. The van der Waals surface area contributed by atoms with E-state index >= 15 is 0 Å². The lowest BCUT2D eigenvalue weighted by Crippen LogP contribution is -2.36. The van der Waals surface area contributed by atoms with Crippen LogP contribution in [0.2, 0.25) is 0 Å². The fraction of sp³-hybridized carbons (Fsp3) is 1.00. The molecular formula is C10H22N2O. The minimum atomic E-state index is -0.216. The number of piperidine rings is 1. The van der Waals surface area contributed by atoms with Crippen molar-refractivity contribution in [1.29, 1.82) is 0 Å². The van der Waals surface area contributed by atoms with Crippen LogP contribution in [0.25, 0.3) is 0 Å². The van der Waals surface area contributed by atoms with E-state index in [4.69, 9.17) is 5.11 Å². The molecule has 78 valence electrons. The molecule has 0 bridgehead atoms. The van der Waals surface area contributed by atoms with Crippen LogP contribution in [-0.4, -0.2) is 49.3 Å². The summed E-state index contributed by atoms with van der Waals surface area (Å²) in [6.45, 7) is 6.06. The molecule has 0 saturated carbocycles. The maximum absolute atomic E-state index is 9.05. The summed E-state index contributed by atoms with van der Waals surface area (Å²) in [5, 5.41) is 12.4. The molecule has 3 heteroatoms. The number of aliphatic hydroxyl groups is 1. The molecule has 3 nitrogen and oxygen atoms in total. The van der Waals surface area contributed by atoms with Gasteiger partial charge in [0, 0.05) is 6.54 Å². The number of hydrogen-bond donors (Lipinski definition) is 2. The second-order valence-electron chi connectivity index (χ2n) is 4.25. The Bertz CT molecular complexity index is 131. The van der Waals surface area contributed by atoms with Crippen LogP contribution in [0.5, 0.6) is 0 Å². The van der Waals surface area contributed by atoms with Crippen LogP contribution in [0.4, 0.5) is 0 Å². The Morgan fingerprint density at radius 3 is 2.62 bits per heavy atom. The van der Waals surface area contributed by atoms with E-state index in [2.05, 4.69) is 17.3 Å².